The molecule has 0 fully saturated rings. The number of nitrogens with zero attached hydrogens (tertiary/aromatic N) is 1. The van der Waals surface area contributed by atoms with E-state index < -0.39 is 6.09 Å². The molecule has 0 bridgehead atoms. The highest BCUT2D eigenvalue weighted by molar-refractivity contribution is 9.08. The van der Waals surface area contributed by atoms with Gasteiger partial charge in [-0.2, -0.15) is 0 Å². The van der Waals surface area contributed by atoms with Crippen molar-refractivity contribution in [1.82, 2.24) is 4.90 Å². The Bertz CT molecular complexity index is 328. The Morgan fingerprint density at radius 2 is 2.14 bits per heavy atom. The fraction of sp³-hybridized carbons (Fsp3) is 0.300. The molecule has 1 amide bonds. The van der Waals surface area contributed by atoms with Gasteiger partial charge >= 0.3 is 6.09 Å². The summed E-state index contributed by atoms with van der Waals surface area (Å²) in [7, 11) is 1.56. The first-order valence-electron chi connectivity index (χ1n) is 4.21. The monoisotopic (exact) mass is 257 g/mol. The molecule has 1 aromatic carbocycles. The highest BCUT2D eigenvalue weighted by Gasteiger charge is 2.05. The molecule has 14 heavy (non-hydrogen) atoms. The average molecular weight is 258 g/mol. The van der Waals surface area contributed by atoms with Gasteiger partial charge in [-0.25, -0.2) is 4.79 Å². The zero-order chi connectivity index (χ0) is 10.6. The SMILES string of the molecule is CN(Cc1cccc(CBr)c1)C(=O)O. The van der Waals surface area contributed by atoms with Gasteiger partial charge in [0.15, 0.2) is 0 Å². The van der Waals surface area contributed by atoms with Crippen LogP contribution in [0.15, 0.2) is 24.3 Å². The number of halogens is 1. The lowest BCUT2D eigenvalue weighted by Gasteiger charge is -2.13. The molecule has 0 atom stereocenters. The maximum Gasteiger partial charge on any atom is 0.407 e. The minimum atomic E-state index is -0.908. The van der Waals surface area contributed by atoms with E-state index in [-0.39, 0.29) is 0 Å². The van der Waals surface area contributed by atoms with E-state index in [1.54, 1.807) is 7.05 Å². The minimum absolute atomic E-state index is 0.427. The first-order valence-corrected chi connectivity index (χ1v) is 5.33. The number of carbonyl (C=O) groups is 1. The van der Waals surface area contributed by atoms with Crippen molar-refractivity contribution in [3.8, 4) is 0 Å². The lowest BCUT2D eigenvalue weighted by Crippen LogP contribution is -2.23. The Labute approximate surface area is 91.5 Å². The Balaban J connectivity index is 2.71. The average Bonchev–Trinajstić information content (AvgIpc) is 2.18. The maximum absolute atomic E-state index is 10.6. The van der Waals surface area contributed by atoms with Gasteiger partial charge in [0, 0.05) is 18.9 Å². The Kier molecular flexibility index (Phi) is 3.95. The second-order valence-electron chi connectivity index (χ2n) is 3.09. The summed E-state index contributed by atoms with van der Waals surface area (Å²) in [6.07, 6.45) is -0.908. The van der Waals surface area contributed by atoms with Gasteiger partial charge in [-0.05, 0) is 11.1 Å². The van der Waals surface area contributed by atoms with Crippen molar-refractivity contribution in [2.45, 2.75) is 11.9 Å². The molecule has 3 nitrogen and oxygen atoms in total. The number of hydrogen-bond acceptors (Lipinski definition) is 1. The number of carboxylic acid groups (broad SMARTS) is 1. The van der Waals surface area contributed by atoms with Crippen LogP contribution in [0.2, 0.25) is 0 Å². The van der Waals surface area contributed by atoms with E-state index >= 15 is 0 Å². The van der Waals surface area contributed by atoms with Crippen LogP contribution in [-0.2, 0) is 11.9 Å². The number of benzene rings is 1. The predicted octanol–water partition coefficient (Wildman–Crippen LogP) is 2.69. The first-order chi connectivity index (χ1) is 6.63. The molecule has 0 aliphatic heterocycles. The molecule has 0 aliphatic carbocycles. The Hall–Kier alpha value is -1.03. The molecule has 1 aromatic rings. The molecule has 0 unspecified atom stereocenters. The van der Waals surface area contributed by atoms with Gasteiger partial charge in [-0.1, -0.05) is 40.2 Å². The normalized spacial score (nSPS) is 9.86. The van der Waals surface area contributed by atoms with Gasteiger partial charge in [0.05, 0.1) is 0 Å². The van der Waals surface area contributed by atoms with E-state index in [0.29, 0.717) is 6.54 Å². The van der Waals surface area contributed by atoms with Crippen molar-refractivity contribution in [3.63, 3.8) is 0 Å². The quantitative estimate of drug-likeness (QED) is 0.847. The number of rotatable bonds is 3. The summed E-state index contributed by atoms with van der Waals surface area (Å²) in [4.78, 5) is 11.8. The molecule has 0 aliphatic rings. The van der Waals surface area contributed by atoms with Crippen LogP contribution >= 0.6 is 15.9 Å². The zero-order valence-electron chi connectivity index (χ0n) is 7.90. The third kappa shape index (κ3) is 3.03. The molecule has 1 N–H and O–H groups in total. The summed E-state index contributed by atoms with van der Waals surface area (Å²) in [6.45, 7) is 0.427. The second-order valence-corrected chi connectivity index (χ2v) is 3.65. The van der Waals surface area contributed by atoms with Crippen molar-refractivity contribution >= 4 is 22.0 Å². The van der Waals surface area contributed by atoms with Crippen LogP contribution in [0.3, 0.4) is 0 Å². The van der Waals surface area contributed by atoms with Crippen LogP contribution in [0.4, 0.5) is 4.79 Å². The summed E-state index contributed by atoms with van der Waals surface area (Å²) in [6, 6.07) is 7.85. The third-order valence-electron chi connectivity index (χ3n) is 1.89. The van der Waals surface area contributed by atoms with Crippen LogP contribution in [0, 0.1) is 0 Å². The minimum Gasteiger partial charge on any atom is -0.465 e. The van der Waals surface area contributed by atoms with Crippen LogP contribution in [0.5, 0.6) is 0 Å². The summed E-state index contributed by atoms with van der Waals surface area (Å²) < 4.78 is 0. The number of alkyl halides is 1. The van der Waals surface area contributed by atoms with Crippen molar-refractivity contribution in [1.29, 1.82) is 0 Å². The molecule has 76 valence electrons. The van der Waals surface area contributed by atoms with E-state index in [9.17, 15) is 4.79 Å². The second kappa shape index (κ2) is 5.00. The summed E-state index contributed by atoms with van der Waals surface area (Å²) in [5.74, 6) is 0. The first kappa shape index (κ1) is 11.0. The highest BCUT2D eigenvalue weighted by Crippen LogP contribution is 2.10. The van der Waals surface area contributed by atoms with Crippen molar-refractivity contribution in [2.75, 3.05) is 7.05 Å². The largest absolute Gasteiger partial charge is 0.465 e. The summed E-state index contributed by atoms with van der Waals surface area (Å²) in [5.41, 5.74) is 2.16. The molecule has 0 spiro atoms. The van der Waals surface area contributed by atoms with Gasteiger partial charge in [-0.15, -0.1) is 0 Å². The van der Waals surface area contributed by atoms with Crippen molar-refractivity contribution in [3.05, 3.63) is 35.4 Å². The van der Waals surface area contributed by atoms with E-state index in [0.717, 1.165) is 16.5 Å². The summed E-state index contributed by atoms with van der Waals surface area (Å²) >= 11 is 3.36. The molecule has 0 radical (unpaired) electrons. The topological polar surface area (TPSA) is 40.5 Å². The van der Waals surface area contributed by atoms with Gasteiger partial charge in [0.1, 0.15) is 0 Å². The third-order valence-corrected chi connectivity index (χ3v) is 2.54. The number of hydrogen-bond donors (Lipinski definition) is 1. The van der Waals surface area contributed by atoms with Crippen LogP contribution in [-0.4, -0.2) is 23.1 Å². The standard InChI is InChI=1S/C10H12BrNO2/c1-12(10(13)14)7-9-4-2-3-8(5-9)6-11/h2-5H,6-7H2,1H3,(H,13,14). The molecule has 4 heteroatoms. The lowest BCUT2D eigenvalue weighted by atomic mass is 10.1. The maximum atomic E-state index is 10.6. The molecule has 0 saturated heterocycles. The molecule has 0 saturated carbocycles. The lowest BCUT2D eigenvalue weighted by molar-refractivity contribution is 0.153. The molecular weight excluding hydrogens is 246 g/mol. The number of amides is 1. The zero-order valence-corrected chi connectivity index (χ0v) is 9.49. The Morgan fingerprint density at radius 3 is 2.71 bits per heavy atom. The fourth-order valence-corrected chi connectivity index (χ4v) is 1.50. The van der Waals surface area contributed by atoms with E-state index in [2.05, 4.69) is 15.9 Å². The van der Waals surface area contributed by atoms with Gasteiger partial charge in [0.25, 0.3) is 0 Å². The van der Waals surface area contributed by atoms with E-state index in [4.69, 9.17) is 5.11 Å². The Morgan fingerprint density at radius 1 is 1.50 bits per heavy atom. The fourth-order valence-electron chi connectivity index (χ4n) is 1.15. The van der Waals surface area contributed by atoms with Crippen LogP contribution in [0.1, 0.15) is 11.1 Å². The summed E-state index contributed by atoms with van der Waals surface area (Å²) in [5, 5.41) is 9.48. The van der Waals surface area contributed by atoms with Gasteiger partial charge in [0.2, 0.25) is 0 Å². The smallest absolute Gasteiger partial charge is 0.407 e. The van der Waals surface area contributed by atoms with Crippen molar-refractivity contribution in [2.24, 2.45) is 0 Å². The molecule has 1 rings (SSSR count). The highest BCUT2D eigenvalue weighted by atomic mass is 79.9. The van der Waals surface area contributed by atoms with Gasteiger partial charge < -0.3 is 10.0 Å². The molecular formula is C10H12BrNO2. The van der Waals surface area contributed by atoms with Crippen LogP contribution < -0.4 is 0 Å². The van der Waals surface area contributed by atoms with Crippen molar-refractivity contribution < 1.29 is 9.90 Å². The van der Waals surface area contributed by atoms with E-state index in [1.807, 2.05) is 24.3 Å². The predicted molar refractivity (Wildman–Crippen MR) is 58.6 cm³/mol. The van der Waals surface area contributed by atoms with Gasteiger partial charge in [-0.3, -0.25) is 0 Å². The molecule has 0 aromatic heterocycles. The van der Waals surface area contributed by atoms with Crippen LogP contribution in [0.25, 0.3) is 0 Å². The van der Waals surface area contributed by atoms with E-state index in [1.165, 1.54) is 4.90 Å². The molecule has 0 heterocycles.